The molecule has 33 heavy (non-hydrogen) atoms. The van der Waals surface area contributed by atoms with Crippen molar-refractivity contribution in [3.05, 3.63) is 102 Å². The third-order valence-corrected chi connectivity index (χ3v) is 5.90. The topological polar surface area (TPSA) is 111 Å². The predicted octanol–water partition coefficient (Wildman–Crippen LogP) is 4.32. The summed E-state index contributed by atoms with van der Waals surface area (Å²) in [6.07, 6.45) is 1.45. The maximum absolute atomic E-state index is 12.9. The SMILES string of the molecule is O=C(Nc1cccc(S(=O)(=O)NCc2ccco2)c1)c1ccc(COc2ccc(F)cc2)o1. The molecule has 4 aromatic rings. The first kappa shape index (κ1) is 22.3. The fourth-order valence-corrected chi connectivity index (χ4v) is 3.90. The lowest BCUT2D eigenvalue weighted by molar-refractivity contribution is 0.0992. The number of halogens is 1. The number of furan rings is 2. The van der Waals surface area contributed by atoms with E-state index >= 15 is 0 Å². The molecule has 0 radical (unpaired) electrons. The second kappa shape index (κ2) is 9.72. The summed E-state index contributed by atoms with van der Waals surface area (Å²) >= 11 is 0. The fraction of sp³-hybridized carbons (Fsp3) is 0.0870. The highest BCUT2D eigenvalue weighted by Gasteiger charge is 2.17. The Balaban J connectivity index is 1.37. The van der Waals surface area contributed by atoms with E-state index in [-0.39, 0.29) is 35.3 Å². The molecule has 2 aromatic carbocycles. The number of hydrogen-bond acceptors (Lipinski definition) is 6. The van der Waals surface area contributed by atoms with Crippen LogP contribution in [0.4, 0.5) is 10.1 Å². The van der Waals surface area contributed by atoms with E-state index in [1.165, 1.54) is 54.8 Å². The van der Waals surface area contributed by atoms with E-state index in [0.29, 0.717) is 17.3 Å². The van der Waals surface area contributed by atoms with Crippen LogP contribution in [0.25, 0.3) is 0 Å². The summed E-state index contributed by atoms with van der Waals surface area (Å²) in [6.45, 7) is 0.0507. The Kier molecular flexibility index (Phi) is 6.57. The first-order chi connectivity index (χ1) is 15.9. The van der Waals surface area contributed by atoms with Gasteiger partial charge in [0, 0.05) is 5.69 Å². The van der Waals surface area contributed by atoms with E-state index in [9.17, 15) is 17.6 Å². The minimum atomic E-state index is -3.82. The van der Waals surface area contributed by atoms with Crippen LogP contribution < -0.4 is 14.8 Å². The zero-order valence-corrected chi connectivity index (χ0v) is 18.0. The summed E-state index contributed by atoms with van der Waals surface area (Å²) < 4.78 is 56.5. The van der Waals surface area contributed by atoms with Crippen molar-refractivity contribution in [2.75, 3.05) is 5.32 Å². The van der Waals surface area contributed by atoms with Crippen LogP contribution in [0, 0.1) is 5.82 Å². The third-order valence-electron chi connectivity index (χ3n) is 4.50. The van der Waals surface area contributed by atoms with E-state index in [2.05, 4.69) is 10.0 Å². The Morgan fingerprint density at radius 3 is 2.55 bits per heavy atom. The molecular weight excluding hydrogens is 451 g/mol. The van der Waals surface area contributed by atoms with Crippen molar-refractivity contribution >= 4 is 21.6 Å². The Hall–Kier alpha value is -3.89. The van der Waals surface area contributed by atoms with Gasteiger partial charge in [-0.2, -0.15) is 0 Å². The average molecular weight is 470 g/mol. The van der Waals surface area contributed by atoms with Crippen molar-refractivity contribution in [1.29, 1.82) is 0 Å². The summed E-state index contributed by atoms with van der Waals surface area (Å²) in [5.74, 6) is 0.419. The number of anilines is 1. The fourth-order valence-electron chi connectivity index (χ4n) is 2.86. The summed E-state index contributed by atoms with van der Waals surface area (Å²) in [7, 11) is -3.82. The van der Waals surface area contributed by atoms with Gasteiger partial charge in [-0.25, -0.2) is 17.5 Å². The van der Waals surface area contributed by atoms with Gasteiger partial charge in [-0.3, -0.25) is 4.79 Å². The Morgan fingerprint density at radius 2 is 1.79 bits per heavy atom. The van der Waals surface area contributed by atoms with Gasteiger partial charge in [-0.15, -0.1) is 0 Å². The van der Waals surface area contributed by atoms with Gasteiger partial charge in [0.25, 0.3) is 5.91 Å². The average Bonchev–Trinajstić information content (AvgIpc) is 3.50. The molecule has 0 aliphatic carbocycles. The van der Waals surface area contributed by atoms with Gasteiger partial charge in [0.15, 0.2) is 5.76 Å². The molecule has 0 bridgehead atoms. The molecule has 170 valence electrons. The van der Waals surface area contributed by atoms with E-state index in [4.69, 9.17) is 13.6 Å². The second-order valence-corrected chi connectivity index (χ2v) is 8.66. The number of hydrogen-bond donors (Lipinski definition) is 2. The van der Waals surface area contributed by atoms with Gasteiger partial charge >= 0.3 is 0 Å². The molecule has 0 atom stereocenters. The summed E-state index contributed by atoms with van der Waals surface area (Å²) in [6, 6.07) is 17.7. The third kappa shape index (κ3) is 5.88. The smallest absolute Gasteiger partial charge is 0.291 e. The van der Waals surface area contributed by atoms with Crippen LogP contribution in [-0.2, 0) is 23.2 Å². The van der Waals surface area contributed by atoms with Crippen molar-refractivity contribution in [1.82, 2.24) is 4.72 Å². The standard InChI is InChI=1S/C23H19FN2O6S/c24-16-6-8-18(9-7-16)31-15-20-10-11-22(32-20)23(27)26-17-3-1-5-21(13-17)33(28,29)25-14-19-4-2-12-30-19/h1-13,25H,14-15H2,(H,26,27). The number of rotatable bonds is 9. The molecule has 0 spiro atoms. The number of carbonyl (C=O) groups is 1. The van der Waals surface area contributed by atoms with Gasteiger partial charge in [-0.1, -0.05) is 6.07 Å². The number of carbonyl (C=O) groups excluding carboxylic acids is 1. The van der Waals surface area contributed by atoms with Crippen LogP contribution in [0.3, 0.4) is 0 Å². The van der Waals surface area contributed by atoms with Gasteiger partial charge in [0.1, 0.15) is 29.7 Å². The van der Waals surface area contributed by atoms with Crippen LogP contribution in [0.5, 0.6) is 5.75 Å². The largest absolute Gasteiger partial charge is 0.486 e. The maximum Gasteiger partial charge on any atom is 0.291 e. The van der Waals surface area contributed by atoms with Crippen LogP contribution >= 0.6 is 0 Å². The summed E-state index contributed by atoms with van der Waals surface area (Å²) in [4.78, 5) is 12.5. The lowest BCUT2D eigenvalue weighted by atomic mass is 10.3. The Bertz CT molecular complexity index is 1330. The predicted molar refractivity (Wildman–Crippen MR) is 117 cm³/mol. The monoisotopic (exact) mass is 470 g/mol. The highest BCUT2D eigenvalue weighted by molar-refractivity contribution is 7.89. The highest BCUT2D eigenvalue weighted by Crippen LogP contribution is 2.19. The lowest BCUT2D eigenvalue weighted by Gasteiger charge is -2.08. The summed E-state index contributed by atoms with van der Waals surface area (Å²) in [5.41, 5.74) is 0.279. The van der Waals surface area contributed by atoms with Crippen LogP contribution in [0.2, 0.25) is 0 Å². The van der Waals surface area contributed by atoms with Gasteiger partial charge < -0.3 is 18.9 Å². The van der Waals surface area contributed by atoms with Gasteiger partial charge in [-0.05, 0) is 66.7 Å². The van der Waals surface area contributed by atoms with Crippen molar-refractivity contribution in [2.45, 2.75) is 18.0 Å². The molecule has 2 heterocycles. The zero-order valence-electron chi connectivity index (χ0n) is 17.2. The molecule has 10 heteroatoms. The molecule has 4 rings (SSSR count). The van der Waals surface area contributed by atoms with Crippen LogP contribution in [0.15, 0.2) is 92.8 Å². The minimum absolute atomic E-state index is 0.00108. The molecule has 2 N–H and O–H groups in total. The first-order valence-electron chi connectivity index (χ1n) is 9.79. The molecule has 0 fully saturated rings. The molecule has 0 saturated heterocycles. The lowest BCUT2D eigenvalue weighted by Crippen LogP contribution is -2.23. The van der Waals surface area contributed by atoms with E-state index in [0.717, 1.165) is 0 Å². The molecule has 8 nitrogen and oxygen atoms in total. The normalized spacial score (nSPS) is 11.3. The zero-order chi connectivity index (χ0) is 23.3. The quantitative estimate of drug-likeness (QED) is 0.377. The van der Waals surface area contributed by atoms with Gasteiger partial charge in [0.2, 0.25) is 10.0 Å². The maximum atomic E-state index is 12.9. The number of nitrogens with one attached hydrogen (secondary N) is 2. The summed E-state index contributed by atoms with van der Waals surface area (Å²) in [5, 5.41) is 2.61. The molecule has 2 aromatic heterocycles. The van der Waals surface area contributed by atoms with Crippen LogP contribution in [-0.4, -0.2) is 14.3 Å². The molecule has 0 aliphatic rings. The Labute approximate surface area is 189 Å². The molecular formula is C23H19FN2O6S. The van der Waals surface area contributed by atoms with Crippen molar-refractivity contribution in [3.8, 4) is 5.75 Å². The van der Waals surface area contributed by atoms with E-state index in [1.807, 2.05) is 0 Å². The number of amides is 1. The Morgan fingerprint density at radius 1 is 0.970 bits per heavy atom. The minimum Gasteiger partial charge on any atom is -0.486 e. The molecule has 0 aliphatic heterocycles. The van der Waals surface area contributed by atoms with Crippen molar-refractivity contribution in [3.63, 3.8) is 0 Å². The van der Waals surface area contributed by atoms with Gasteiger partial charge in [0.05, 0.1) is 17.7 Å². The number of ether oxygens (including phenoxy) is 1. The van der Waals surface area contributed by atoms with Crippen molar-refractivity contribution < 1.29 is 31.2 Å². The molecule has 0 saturated carbocycles. The van der Waals surface area contributed by atoms with E-state index < -0.39 is 15.9 Å². The van der Waals surface area contributed by atoms with Crippen LogP contribution in [0.1, 0.15) is 22.1 Å². The highest BCUT2D eigenvalue weighted by atomic mass is 32.2. The van der Waals surface area contributed by atoms with Crippen molar-refractivity contribution in [2.24, 2.45) is 0 Å². The molecule has 1 amide bonds. The second-order valence-electron chi connectivity index (χ2n) is 6.89. The first-order valence-corrected chi connectivity index (χ1v) is 11.3. The number of sulfonamides is 1. The molecule has 0 unspecified atom stereocenters. The number of benzene rings is 2. The van der Waals surface area contributed by atoms with E-state index in [1.54, 1.807) is 24.3 Å².